The molecule has 5 heteroatoms. The summed E-state index contributed by atoms with van der Waals surface area (Å²) in [6, 6.07) is 13.6. The zero-order valence-corrected chi connectivity index (χ0v) is 14.5. The van der Waals surface area contributed by atoms with E-state index in [0.717, 1.165) is 12.0 Å². The first-order valence-corrected chi connectivity index (χ1v) is 8.96. The van der Waals surface area contributed by atoms with Crippen molar-refractivity contribution in [3.8, 4) is 11.1 Å². The molecule has 2 aliphatic rings. The van der Waals surface area contributed by atoms with E-state index < -0.39 is 0 Å². The number of hydrogen-bond acceptors (Lipinski definition) is 3. The van der Waals surface area contributed by atoms with Crippen molar-refractivity contribution in [2.75, 3.05) is 32.9 Å². The fraction of sp³-hybridized carbons (Fsp3) is 0.381. The third kappa shape index (κ3) is 2.91. The number of amides is 1. The molecule has 2 aromatic rings. The van der Waals surface area contributed by atoms with Gasteiger partial charge in [0.25, 0.3) is 5.91 Å². The number of hydrogen-bond donors (Lipinski definition) is 1. The number of halogens is 1. The second kappa shape index (κ2) is 6.82. The zero-order chi connectivity index (χ0) is 18.1. The van der Waals surface area contributed by atoms with Gasteiger partial charge in [0.05, 0.1) is 13.2 Å². The van der Waals surface area contributed by atoms with E-state index in [1.807, 2.05) is 4.90 Å². The van der Waals surface area contributed by atoms with E-state index in [4.69, 9.17) is 4.74 Å². The Morgan fingerprint density at radius 1 is 1.23 bits per heavy atom. The Hall–Kier alpha value is -2.24. The van der Waals surface area contributed by atoms with E-state index >= 15 is 0 Å². The summed E-state index contributed by atoms with van der Waals surface area (Å²) in [5.41, 5.74) is 1.52. The number of benzene rings is 2. The lowest BCUT2D eigenvalue weighted by Gasteiger charge is -2.36. The number of likely N-dealkylation sites (tertiary alicyclic amines) is 1. The van der Waals surface area contributed by atoms with Crippen LogP contribution in [0, 0.1) is 17.2 Å². The molecule has 0 bridgehead atoms. The van der Waals surface area contributed by atoms with E-state index in [1.165, 1.54) is 6.07 Å². The lowest BCUT2D eigenvalue weighted by Crippen LogP contribution is -2.43. The van der Waals surface area contributed by atoms with Crippen LogP contribution >= 0.6 is 0 Å². The van der Waals surface area contributed by atoms with Gasteiger partial charge in [0.1, 0.15) is 5.82 Å². The highest BCUT2D eigenvalue weighted by atomic mass is 19.1. The van der Waals surface area contributed by atoms with Gasteiger partial charge in [0, 0.05) is 36.2 Å². The molecular weight excluding hydrogens is 333 g/mol. The molecule has 136 valence electrons. The molecule has 2 fully saturated rings. The molecule has 2 aliphatic heterocycles. The number of carbonyl (C=O) groups is 1. The van der Waals surface area contributed by atoms with E-state index in [0.29, 0.717) is 37.4 Å². The molecule has 2 saturated heterocycles. The lowest BCUT2D eigenvalue weighted by molar-refractivity contribution is -0.0556. The Balaban J connectivity index is 1.53. The summed E-state index contributed by atoms with van der Waals surface area (Å²) in [7, 11) is 0. The van der Waals surface area contributed by atoms with Gasteiger partial charge in [-0.1, -0.05) is 30.3 Å². The minimum atomic E-state index is -0.332. The van der Waals surface area contributed by atoms with Crippen LogP contribution in [0.5, 0.6) is 0 Å². The van der Waals surface area contributed by atoms with Crippen molar-refractivity contribution in [3.05, 3.63) is 59.9 Å². The molecule has 4 rings (SSSR count). The summed E-state index contributed by atoms with van der Waals surface area (Å²) >= 11 is 0. The number of aliphatic hydroxyl groups excluding tert-OH is 1. The molecule has 0 spiro atoms. The summed E-state index contributed by atoms with van der Waals surface area (Å²) < 4.78 is 19.5. The van der Waals surface area contributed by atoms with Crippen LogP contribution in [-0.4, -0.2) is 48.8 Å². The van der Waals surface area contributed by atoms with Gasteiger partial charge in [-0.15, -0.1) is 0 Å². The third-order valence-electron chi connectivity index (χ3n) is 5.73. The second-order valence-corrected chi connectivity index (χ2v) is 7.30. The standard InChI is InChI=1S/C21H22FNO3/c22-19-4-2-1-3-18(19)15-5-7-16(8-6-15)20(25)23-11-17-9-10-26-14-21(17,12-23)13-24/h1-8,17,24H,9-14H2/t17-,21+/m0/s1. The molecular formula is C21H22FNO3. The highest BCUT2D eigenvalue weighted by Gasteiger charge is 2.49. The van der Waals surface area contributed by atoms with Crippen molar-refractivity contribution in [1.82, 2.24) is 4.90 Å². The summed E-state index contributed by atoms with van der Waals surface area (Å²) in [4.78, 5) is 14.7. The van der Waals surface area contributed by atoms with Crippen LogP contribution in [0.3, 0.4) is 0 Å². The average Bonchev–Trinajstić information content (AvgIpc) is 3.08. The topological polar surface area (TPSA) is 49.8 Å². The third-order valence-corrected chi connectivity index (χ3v) is 5.73. The summed E-state index contributed by atoms with van der Waals surface area (Å²) in [6.45, 7) is 2.39. The van der Waals surface area contributed by atoms with E-state index in [9.17, 15) is 14.3 Å². The van der Waals surface area contributed by atoms with Crippen molar-refractivity contribution < 1.29 is 19.0 Å². The smallest absolute Gasteiger partial charge is 0.253 e. The van der Waals surface area contributed by atoms with Gasteiger partial charge >= 0.3 is 0 Å². The first-order valence-electron chi connectivity index (χ1n) is 8.96. The SMILES string of the molecule is O=C(c1ccc(-c2ccccc2F)cc1)N1C[C@@H]2CCOC[C@]2(CO)C1. The second-order valence-electron chi connectivity index (χ2n) is 7.30. The van der Waals surface area contributed by atoms with Gasteiger partial charge < -0.3 is 14.7 Å². The number of fused-ring (bicyclic) bond motifs is 1. The summed E-state index contributed by atoms with van der Waals surface area (Å²) in [6.07, 6.45) is 0.872. The molecule has 0 aromatic heterocycles. The van der Waals surface area contributed by atoms with Gasteiger partial charge in [0.15, 0.2) is 0 Å². The van der Waals surface area contributed by atoms with E-state index in [-0.39, 0.29) is 29.7 Å². The molecule has 0 saturated carbocycles. The number of nitrogens with zero attached hydrogens (tertiary/aromatic N) is 1. The van der Waals surface area contributed by atoms with Crippen molar-refractivity contribution in [2.45, 2.75) is 6.42 Å². The Morgan fingerprint density at radius 3 is 2.69 bits per heavy atom. The lowest BCUT2D eigenvalue weighted by atomic mass is 9.76. The van der Waals surface area contributed by atoms with E-state index in [1.54, 1.807) is 42.5 Å². The molecule has 0 unspecified atom stereocenters. The van der Waals surface area contributed by atoms with Crippen molar-refractivity contribution >= 4 is 5.91 Å². The van der Waals surface area contributed by atoms with Crippen LogP contribution in [0.2, 0.25) is 0 Å². The minimum Gasteiger partial charge on any atom is -0.396 e. The Kier molecular flexibility index (Phi) is 4.51. The number of carbonyl (C=O) groups excluding carboxylic acids is 1. The summed E-state index contributed by atoms with van der Waals surface area (Å²) in [5.74, 6) is -0.0460. The first kappa shape index (κ1) is 17.2. The maximum absolute atomic E-state index is 13.9. The van der Waals surface area contributed by atoms with Crippen LogP contribution in [0.25, 0.3) is 11.1 Å². The van der Waals surface area contributed by atoms with E-state index in [2.05, 4.69) is 0 Å². The predicted molar refractivity (Wildman–Crippen MR) is 96.2 cm³/mol. The molecule has 26 heavy (non-hydrogen) atoms. The molecule has 2 aromatic carbocycles. The Labute approximate surface area is 152 Å². The van der Waals surface area contributed by atoms with Gasteiger partial charge in [0.2, 0.25) is 0 Å². The molecule has 0 aliphatic carbocycles. The van der Waals surface area contributed by atoms with Crippen LogP contribution in [-0.2, 0) is 4.74 Å². The molecule has 4 nitrogen and oxygen atoms in total. The monoisotopic (exact) mass is 355 g/mol. The Bertz CT molecular complexity index is 807. The predicted octanol–water partition coefficient (Wildman–Crippen LogP) is 2.96. The molecule has 1 amide bonds. The van der Waals surface area contributed by atoms with Crippen LogP contribution in [0.15, 0.2) is 48.5 Å². The molecule has 2 heterocycles. The normalized spacial score (nSPS) is 25.2. The molecule has 0 radical (unpaired) electrons. The largest absolute Gasteiger partial charge is 0.396 e. The Morgan fingerprint density at radius 2 is 2.00 bits per heavy atom. The van der Waals surface area contributed by atoms with Crippen molar-refractivity contribution in [1.29, 1.82) is 0 Å². The molecule has 2 atom stereocenters. The maximum Gasteiger partial charge on any atom is 0.253 e. The van der Waals surface area contributed by atoms with Crippen molar-refractivity contribution in [3.63, 3.8) is 0 Å². The number of ether oxygens (including phenoxy) is 1. The first-order chi connectivity index (χ1) is 12.6. The average molecular weight is 355 g/mol. The van der Waals surface area contributed by atoms with Gasteiger partial charge in [-0.05, 0) is 36.1 Å². The quantitative estimate of drug-likeness (QED) is 0.921. The van der Waals surface area contributed by atoms with Crippen molar-refractivity contribution in [2.24, 2.45) is 11.3 Å². The highest BCUT2D eigenvalue weighted by Crippen LogP contribution is 2.41. The van der Waals surface area contributed by atoms with Gasteiger partial charge in [-0.25, -0.2) is 4.39 Å². The molecule has 1 N–H and O–H groups in total. The fourth-order valence-corrected chi connectivity index (χ4v) is 4.15. The maximum atomic E-state index is 13.9. The minimum absolute atomic E-state index is 0.0354. The van der Waals surface area contributed by atoms with Crippen LogP contribution < -0.4 is 0 Å². The van der Waals surface area contributed by atoms with Crippen LogP contribution in [0.4, 0.5) is 4.39 Å². The zero-order valence-electron chi connectivity index (χ0n) is 14.5. The number of aliphatic hydroxyl groups is 1. The van der Waals surface area contributed by atoms with Gasteiger partial charge in [-0.3, -0.25) is 4.79 Å². The number of rotatable bonds is 3. The van der Waals surface area contributed by atoms with Crippen LogP contribution in [0.1, 0.15) is 16.8 Å². The van der Waals surface area contributed by atoms with Gasteiger partial charge in [-0.2, -0.15) is 0 Å². The fourth-order valence-electron chi connectivity index (χ4n) is 4.15. The summed E-state index contributed by atoms with van der Waals surface area (Å²) in [5, 5.41) is 9.86. The highest BCUT2D eigenvalue weighted by molar-refractivity contribution is 5.95.